The average Bonchev–Trinajstić information content (AvgIpc) is 2.15. The Kier molecular flexibility index (Phi) is 2.24. The van der Waals surface area contributed by atoms with Gasteiger partial charge in [-0.3, -0.25) is 9.97 Å². The van der Waals surface area contributed by atoms with Crippen LogP contribution in [0.3, 0.4) is 0 Å². The van der Waals surface area contributed by atoms with Gasteiger partial charge in [-0.1, -0.05) is 3.89 Å². The van der Waals surface area contributed by atoms with Gasteiger partial charge >= 0.3 is 10.5 Å². The van der Waals surface area contributed by atoms with Gasteiger partial charge in [-0.2, -0.15) is 8.42 Å². The normalized spacial score (nSPS) is 11.5. The molecule has 0 unspecified atom stereocenters. The number of halogens is 1. The first-order valence-corrected chi connectivity index (χ1v) is 5.20. The van der Waals surface area contributed by atoms with Crippen LogP contribution in [-0.2, 0) is 10.5 Å². The van der Waals surface area contributed by atoms with Crippen molar-refractivity contribution >= 4 is 21.5 Å². The number of fused-ring (bicyclic) bond motifs is 1. The van der Waals surface area contributed by atoms with Crippen LogP contribution in [0.25, 0.3) is 11.0 Å². The van der Waals surface area contributed by atoms with Gasteiger partial charge in [0, 0.05) is 18.5 Å². The van der Waals surface area contributed by atoms with E-state index in [-0.39, 0.29) is 5.75 Å². The second-order valence-corrected chi connectivity index (χ2v) is 3.64. The second kappa shape index (κ2) is 3.43. The highest BCUT2D eigenvalue weighted by molar-refractivity contribution is 7.81. The lowest BCUT2D eigenvalue weighted by atomic mass is 10.3. The molecular weight excluding hydrogens is 223 g/mol. The molecule has 78 valence electrons. The molecule has 0 N–H and O–H groups in total. The van der Waals surface area contributed by atoms with Crippen LogP contribution in [0.15, 0.2) is 30.6 Å². The summed E-state index contributed by atoms with van der Waals surface area (Å²) in [6.07, 6.45) is 2.94. The van der Waals surface area contributed by atoms with Crippen LogP contribution < -0.4 is 4.18 Å². The van der Waals surface area contributed by atoms with Crippen molar-refractivity contribution in [3.05, 3.63) is 30.6 Å². The molecule has 0 aliphatic rings. The molecular formula is C8H5FN2O3S. The summed E-state index contributed by atoms with van der Waals surface area (Å²) >= 11 is 0. The summed E-state index contributed by atoms with van der Waals surface area (Å²) in [6.45, 7) is 0. The second-order valence-electron chi connectivity index (χ2n) is 2.68. The third kappa shape index (κ3) is 2.38. The number of benzene rings is 1. The van der Waals surface area contributed by atoms with E-state index in [9.17, 15) is 12.3 Å². The van der Waals surface area contributed by atoms with Crippen molar-refractivity contribution in [3.8, 4) is 5.75 Å². The van der Waals surface area contributed by atoms with Crippen molar-refractivity contribution in [3.63, 3.8) is 0 Å². The fourth-order valence-corrected chi connectivity index (χ4v) is 1.44. The third-order valence-corrected chi connectivity index (χ3v) is 2.03. The van der Waals surface area contributed by atoms with Gasteiger partial charge in [0.2, 0.25) is 0 Å². The Balaban J connectivity index is 2.48. The fourth-order valence-electron chi connectivity index (χ4n) is 1.11. The van der Waals surface area contributed by atoms with E-state index in [0.717, 1.165) is 0 Å². The molecule has 0 bridgehead atoms. The maximum absolute atomic E-state index is 12.2. The molecule has 0 amide bonds. The number of rotatable bonds is 2. The molecule has 2 aromatic rings. The summed E-state index contributed by atoms with van der Waals surface area (Å²) in [4.78, 5) is 7.87. The molecule has 1 aromatic heterocycles. The molecule has 7 heteroatoms. The molecule has 0 fully saturated rings. The van der Waals surface area contributed by atoms with Crippen molar-refractivity contribution in [2.75, 3.05) is 0 Å². The minimum absolute atomic E-state index is 0.134. The number of hydrogen-bond acceptors (Lipinski definition) is 5. The predicted molar refractivity (Wildman–Crippen MR) is 50.2 cm³/mol. The average molecular weight is 228 g/mol. The van der Waals surface area contributed by atoms with E-state index in [0.29, 0.717) is 11.0 Å². The molecule has 0 spiro atoms. The lowest BCUT2D eigenvalue weighted by Gasteiger charge is -2.00. The van der Waals surface area contributed by atoms with E-state index in [1.807, 2.05) is 0 Å². The van der Waals surface area contributed by atoms with Gasteiger partial charge in [-0.05, 0) is 12.1 Å². The molecule has 0 aliphatic carbocycles. The zero-order valence-corrected chi connectivity index (χ0v) is 8.11. The van der Waals surface area contributed by atoms with E-state index >= 15 is 0 Å². The maximum atomic E-state index is 12.2. The lowest BCUT2D eigenvalue weighted by Crippen LogP contribution is -2.01. The van der Waals surface area contributed by atoms with Gasteiger partial charge in [0.1, 0.15) is 5.75 Å². The van der Waals surface area contributed by atoms with E-state index in [2.05, 4.69) is 14.2 Å². The Bertz CT molecular complexity index is 600. The minimum Gasteiger partial charge on any atom is -0.358 e. The Morgan fingerprint density at radius 2 is 1.80 bits per heavy atom. The molecule has 0 saturated heterocycles. The van der Waals surface area contributed by atoms with E-state index in [1.54, 1.807) is 0 Å². The molecule has 1 aromatic carbocycles. The number of hydrogen-bond donors (Lipinski definition) is 0. The highest BCUT2D eigenvalue weighted by atomic mass is 32.3. The van der Waals surface area contributed by atoms with Crippen LogP contribution in [0.5, 0.6) is 5.75 Å². The first kappa shape index (κ1) is 9.78. The zero-order valence-electron chi connectivity index (χ0n) is 7.29. The van der Waals surface area contributed by atoms with Gasteiger partial charge in [0.15, 0.2) is 0 Å². The SMILES string of the molecule is O=S(=O)(F)Oc1ccc2nccnc2c1. The minimum atomic E-state index is -4.99. The highest BCUT2D eigenvalue weighted by Crippen LogP contribution is 2.18. The number of nitrogens with zero attached hydrogens (tertiary/aromatic N) is 2. The summed E-state index contributed by atoms with van der Waals surface area (Å²) in [5.74, 6) is -0.134. The van der Waals surface area contributed by atoms with E-state index < -0.39 is 10.5 Å². The summed E-state index contributed by atoms with van der Waals surface area (Å²) in [6, 6.07) is 4.08. The Hall–Kier alpha value is -1.76. The van der Waals surface area contributed by atoms with Gasteiger partial charge in [0.25, 0.3) is 0 Å². The van der Waals surface area contributed by atoms with Gasteiger partial charge in [-0.15, -0.1) is 0 Å². The standard InChI is InChI=1S/C8H5FN2O3S/c9-15(12,13)14-6-1-2-7-8(5-6)11-4-3-10-7/h1-5H. The smallest absolute Gasteiger partial charge is 0.358 e. The van der Waals surface area contributed by atoms with Gasteiger partial charge in [-0.25, -0.2) is 0 Å². The fraction of sp³-hybridized carbons (Fsp3) is 0. The van der Waals surface area contributed by atoms with Crippen LogP contribution in [0, 0.1) is 0 Å². The highest BCUT2D eigenvalue weighted by Gasteiger charge is 2.09. The first-order valence-electron chi connectivity index (χ1n) is 3.89. The zero-order chi connectivity index (χ0) is 10.9. The van der Waals surface area contributed by atoms with Crippen LogP contribution in [0.1, 0.15) is 0 Å². The maximum Gasteiger partial charge on any atom is 0.488 e. The van der Waals surface area contributed by atoms with Crippen molar-refractivity contribution in [2.24, 2.45) is 0 Å². The molecule has 0 atom stereocenters. The molecule has 0 radical (unpaired) electrons. The predicted octanol–water partition coefficient (Wildman–Crippen LogP) is 1.22. The molecule has 0 aliphatic heterocycles. The van der Waals surface area contributed by atoms with Gasteiger partial charge < -0.3 is 4.18 Å². The monoisotopic (exact) mass is 228 g/mol. The number of aromatic nitrogens is 2. The molecule has 2 rings (SSSR count). The summed E-state index contributed by atoms with van der Waals surface area (Å²) in [5.41, 5.74) is 1.000. The quantitative estimate of drug-likeness (QED) is 0.723. The molecule has 5 nitrogen and oxygen atoms in total. The Labute approximate surface area is 85.0 Å². The molecule has 0 saturated carbocycles. The van der Waals surface area contributed by atoms with E-state index in [1.165, 1.54) is 30.6 Å². The molecule has 1 heterocycles. The van der Waals surface area contributed by atoms with Crippen LogP contribution >= 0.6 is 0 Å². The van der Waals surface area contributed by atoms with Crippen molar-refractivity contribution in [1.82, 2.24) is 9.97 Å². The summed E-state index contributed by atoms with van der Waals surface area (Å²) in [7, 11) is -4.99. The Morgan fingerprint density at radius 3 is 2.47 bits per heavy atom. The van der Waals surface area contributed by atoms with E-state index in [4.69, 9.17) is 0 Å². The van der Waals surface area contributed by atoms with Crippen LogP contribution in [0.2, 0.25) is 0 Å². The lowest BCUT2D eigenvalue weighted by molar-refractivity contribution is 0.440. The Morgan fingerprint density at radius 1 is 1.13 bits per heavy atom. The summed E-state index contributed by atoms with van der Waals surface area (Å²) < 4.78 is 36.7. The largest absolute Gasteiger partial charge is 0.488 e. The van der Waals surface area contributed by atoms with Crippen LogP contribution in [0.4, 0.5) is 3.89 Å². The van der Waals surface area contributed by atoms with Crippen LogP contribution in [-0.4, -0.2) is 18.4 Å². The van der Waals surface area contributed by atoms with Crippen molar-refractivity contribution < 1.29 is 16.5 Å². The topological polar surface area (TPSA) is 69.2 Å². The summed E-state index contributed by atoms with van der Waals surface area (Å²) in [5, 5.41) is 0. The molecule has 15 heavy (non-hydrogen) atoms. The van der Waals surface area contributed by atoms with Crippen molar-refractivity contribution in [1.29, 1.82) is 0 Å². The first-order chi connectivity index (χ1) is 7.04. The van der Waals surface area contributed by atoms with Crippen molar-refractivity contribution in [2.45, 2.75) is 0 Å². The van der Waals surface area contributed by atoms with Gasteiger partial charge in [0.05, 0.1) is 11.0 Å². The third-order valence-electron chi connectivity index (χ3n) is 1.64.